The zero-order valence-electron chi connectivity index (χ0n) is 14.0. The largest absolute Gasteiger partial charge is 0.465 e. The normalized spacial score (nSPS) is 10.8. The molecule has 0 bridgehead atoms. The molecule has 0 aliphatic rings. The van der Waals surface area contributed by atoms with Gasteiger partial charge in [0.1, 0.15) is 11.3 Å². The summed E-state index contributed by atoms with van der Waals surface area (Å²) in [5.41, 5.74) is 2.19. The van der Waals surface area contributed by atoms with Crippen molar-refractivity contribution in [3.05, 3.63) is 63.5 Å². The summed E-state index contributed by atoms with van der Waals surface area (Å²) in [6, 6.07) is 7.88. The number of pyridine rings is 1. The number of rotatable bonds is 4. The van der Waals surface area contributed by atoms with Crippen LogP contribution in [0.15, 0.2) is 36.5 Å². The number of fused-ring (bicyclic) bond motifs is 1. The van der Waals surface area contributed by atoms with E-state index in [1.54, 1.807) is 22.7 Å². The monoisotopic (exact) mass is 391 g/mol. The molecule has 134 valence electrons. The van der Waals surface area contributed by atoms with Gasteiger partial charge in [0.25, 0.3) is 5.91 Å². The maximum atomic E-state index is 12.9. The van der Waals surface area contributed by atoms with Crippen LogP contribution in [-0.4, -0.2) is 28.4 Å². The molecule has 0 atom stereocenters. The molecular formula is C18H15Cl2N3O3. The molecule has 2 aromatic heterocycles. The van der Waals surface area contributed by atoms with Gasteiger partial charge >= 0.3 is 5.97 Å². The van der Waals surface area contributed by atoms with E-state index in [4.69, 9.17) is 27.9 Å². The van der Waals surface area contributed by atoms with Crippen molar-refractivity contribution in [1.29, 1.82) is 0 Å². The Labute approximate surface area is 159 Å². The van der Waals surface area contributed by atoms with Gasteiger partial charge in [0.15, 0.2) is 0 Å². The molecule has 26 heavy (non-hydrogen) atoms. The Balaban J connectivity index is 2.01. The minimum absolute atomic E-state index is 0.285. The van der Waals surface area contributed by atoms with E-state index in [9.17, 15) is 9.59 Å². The molecule has 0 aliphatic carbocycles. The van der Waals surface area contributed by atoms with E-state index in [-0.39, 0.29) is 11.5 Å². The van der Waals surface area contributed by atoms with Gasteiger partial charge in [-0.15, -0.1) is 0 Å². The standard InChI is InChI=1S/C18H15Cl2N3O3/c1-3-13-16(23-7-6-11(19)9-15(23)21-13)17(24)22-14-8-10(18(25)26-2)4-5-12(14)20/h4-9H,3H2,1-2H3,(H,22,24). The Hall–Kier alpha value is -2.57. The summed E-state index contributed by atoms with van der Waals surface area (Å²) in [5.74, 6) is -0.906. The molecule has 3 rings (SSSR count). The van der Waals surface area contributed by atoms with Crippen LogP contribution in [0.25, 0.3) is 5.65 Å². The first kappa shape index (κ1) is 18.2. The first-order chi connectivity index (χ1) is 12.4. The van der Waals surface area contributed by atoms with Gasteiger partial charge in [-0.3, -0.25) is 9.20 Å². The Bertz CT molecular complexity index is 1010. The number of anilines is 1. The number of methoxy groups -OCH3 is 1. The van der Waals surface area contributed by atoms with Gasteiger partial charge < -0.3 is 10.1 Å². The molecule has 1 amide bonds. The number of hydrogen-bond acceptors (Lipinski definition) is 4. The molecule has 1 aromatic carbocycles. The van der Waals surface area contributed by atoms with Crippen LogP contribution >= 0.6 is 23.2 Å². The van der Waals surface area contributed by atoms with Crippen LogP contribution in [0.1, 0.15) is 33.5 Å². The summed E-state index contributed by atoms with van der Waals surface area (Å²) in [4.78, 5) is 29.0. The van der Waals surface area contributed by atoms with E-state index in [1.165, 1.54) is 25.3 Å². The van der Waals surface area contributed by atoms with E-state index in [0.29, 0.717) is 39.2 Å². The molecule has 3 aromatic rings. The van der Waals surface area contributed by atoms with E-state index < -0.39 is 5.97 Å². The molecule has 0 unspecified atom stereocenters. The van der Waals surface area contributed by atoms with Gasteiger partial charge in [-0.05, 0) is 30.7 Å². The predicted molar refractivity (Wildman–Crippen MR) is 100 cm³/mol. The molecule has 6 nitrogen and oxygen atoms in total. The number of nitrogens with zero attached hydrogens (tertiary/aromatic N) is 2. The molecule has 0 fully saturated rings. The highest BCUT2D eigenvalue weighted by Crippen LogP contribution is 2.25. The van der Waals surface area contributed by atoms with Crippen LogP contribution in [0.3, 0.4) is 0 Å². The SMILES string of the molecule is CCc1nc2cc(Cl)ccn2c1C(=O)Nc1cc(C(=O)OC)ccc1Cl. The summed E-state index contributed by atoms with van der Waals surface area (Å²) in [6.07, 6.45) is 2.25. The number of nitrogens with one attached hydrogen (secondary N) is 1. The first-order valence-electron chi connectivity index (χ1n) is 7.80. The summed E-state index contributed by atoms with van der Waals surface area (Å²) in [5, 5.41) is 3.58. The van der Waals surface area contributed by atoms with Crippen LogP contribution < -0.4 is 5.32 Å². The summed E-state index contributed by atoms with van der Waals surface area (Å²) < 4.78 is 6.36. The number of imidazole rings is 1. The summed E-state index contributed by atoms with van der Waals surface area (Å²) in [6.45, 7) is 1.91. The van der Waals surface area contributed by atoms with Crippen molar-refractivity contribution in [3.63, 3.8) is 0 Å². The third kappa shape index (κ3) is 3.38. The van der Waals surface area contributed by atoms with E-state index >= 15 is 0 Å². The maximum Gasteiger partial charge on any atom is 0.337 e. The molecular weight excluding hydrogens is 377 g/mol. The minimum Gasteiger partial charge on any atom is -0.465 e. The lowest BCUT2D eigenvalue weighted by molar-refractivity contribution is 0.0600. The zero-order valence-corrected chi connectivity index (χ0v) is 15.6. The van der Waals surface area contributed by atoms with Gasteiger partial charge in [-0.1, -0.05) is 30.1 Å². The summed E-state index contributed by atoms with van der Waals surface area (Å²) >= 11 is 12.2. The highest BCUT2D eigenvalue weighted by Gasteiger charge is 2.20. The molecule has 0 aliphatic heterocycles. The number of aromatic nitrogens is 2. The van der Waals surface area contributed by atoms with E-state index in [0.717, 1.165) is 0 Å². The Kier molecular flexibility index (Phi) is 5.15. The fourth-order valence-electron chi connectivity index (χ4n) is 2.60. The predicted octanol–water partition coefficient (Wildman–Crippen LogP) is 4.24. The Morgan fingerprint density at radius 3 is 2.69 bits per heavy atom. The number of ether oxygens (including phenoxy) is 1. The number of halogens is 2. The Morgan fingerprint density at radius 1 is 1.23 bits per heavy atom. The molecule has 0 saturated carbocycles. The maximum absolute atomic E-state index is 12.9. The number of carbonyl (C=O) groups excluding carboxylic acids is 2. The average Bonchev–Trinajstić information content (AvgIpc) is 3.00. The van der Waals surface area contributed by atoms with Crippen molar-refractivity contribution in [2.24, 2.45) is 0 Å². The van der Waals surface area contributed by atoms with E-state index in [1.807, 2.05) is 6.92 Å². The molecule has 8 heteroatoms. The van der Waals surface area contributed by atoms with Crippen LogP contribution in [0.4, 0.5) is 5.69 Å². The third-order valence-electron chi connectivity index (χ3n) is 3.85. The lowest BCUT2D eigenvalue weighted by Crippen LogP contribution is -2.17. The second-order valence-electron chi connectivity index (χ2n) is 5.47. The fourth-order valence-corrected chi connectivity index (χ4v) is 2.92. The number of benzene rings is 1. The van der Waals surface area contributed by atoms with Crippen LogP contribution in [-0.2, 0) is 11.2 Å². The lowest BCUT2D eigenvalue weighted by atomic mass is 10.2. The third-order valence-corrected chi connectivity index (χ3v) is 4.41. The van der Waals surface area contributed by atoms with Crippen molar-refractivity contribution in [3.8, 4) is 0 Å². The van der Waals surface area contributed by atoms with Crippen LogP contribution in [0, 0.1) is 0 Å². The zero-order chi connectivity index (χ0) is 18.8. The fraction of sp³-hybridized carbons (Fsp3) is 0.167. The van der Waals surface area contributed by atoms with Gasteiger partial charge in [0, 0.05) is 17.3 Å². The molecule has 1 N–H and O–H groups in total. The van der Waals surface area contributed by atoms with Crippen LogP contribution in [0.5, 0.6) is 0 Å². The highest BCUT2D eigenvalue weighted by molar-refractivity contribution is 6.34. The topological polar surface area (TPSA) is 72.7 Å². The lowest BCUT2D eigenvalue weighted by Gasteiger charge is -2.10. The number of aryl methyl sites for hydroxylation is 1. The number of esters is 1. The van der Waals surface area contributed by atoms with Gasteiger partial charge in [0.05, 0.1) is 29.1 Å². The minimum atomic E-state index is -0.518. The van der Waals surface area contributed by atoms with E-state index in [2.05, 4.69) is 10.3 Å². The second kappa shape index (κ2) is 7.35. The smallest absolute Gasteiger partial charge is 0.337 e. The van der Waals surface area contributed by atoms with Crippen molar-refractivity contribution < 1.29 is 14.3 Å². The van der Waals surface area contributed by atoms with Crippen molar-refractivity contribution >= 4 is 46.4 Å². The number of hydrogen-bond donors (Lipinski definition) is 1. The molecule has 0 radical (unpaired) electrons. The van der Waals surface area contributed by atoms with Crippen molar-refractivity contribution in [2.75, 3.05) is 12.4 Å². The molecule has 2 heterocycles. The van der Waals surface area contributed by atoms with Crippen LogP contribution in [0.2, 0.25) is 10.0 Å². The molecule has 0 saturated heterocycles. The molecule has 0 spiro atoms. The highest BCUT2D eigenvalue weighted by atomic mass is 35.5. The first-order valence-corrected chi connectivity index (χ1v) is 8.56. The number of amides is 1. The number of carbonyl (C=O) groups is 2. The second-order valence-corrected chi connectivity index (χ2v) is 6.32. The van der Waals surface area contributed by atoms with Gasteiger partial charge in [-0.2, -0.15) is 0 Å². The summed E-state index contributed by atoms with van der Waals surface area (Å²) in [7, 11) is 1.28. The van der Waals surface area contributed by atoms with Crippen molar-refractivity contribution in [2.45, 2.75) is 13.3 Å². The average molecular weight is 392 g/mol. The quantitative estimate of drug-likeness (QED) is 0.674. The van der Waals surface area contributed by atoms with Gasteiger partial charge in [0.2, 0.25) is 0 Å². The Morgan fingerprint density at radius 2 is 2.00 bits per heavy atom. The van der Waals surface area contributed by atoms with Gasteiger partial charge in [-0.25, -0.2) is 9.78 Å². The van der Waals surface area contributed by atoms with Crippen molar-refractivity contribution in [1.82, 2.24) is 9.38 Å².